The Labute approximate surface area is 392 Å². The highest BCUT2D eigenvalue weighted by Gasteiger charge is 2.26. The molecule has 0 rings (SSSR count). The number of ether oxygens (including phenoxy) is 2. The number of carbonyl (C=O) groups is 2. The lowest BCUT2D eigenvalue weighted by molar-refractivity contribution is -0.161. The number of esters is 2. The fraction of sp³-hybridized carbons (Fsp3) is 0.704. The second kappa shape index (κ2) is 49.6. The molecule has 0 saturated carbocycles. The van der Waals surface area contributed by atoms with E-state index in [-0.39, 0.29) is 32.6 Å². The summed E-state index contributed by atoms with van der Waals surface area (Å²) in [4.78, 5) is 35.0. The molecule has 0 bridgehead atoms. The van der Waals surface area contributed by atoms with Gasteiger partial charge in [0.15, 0.2) is 6.10 Å². The van der Waals surface area contributed by atoms with Gasteiger partial charge in [-0.25, -0.2) is 4.57 Å². The van der Waals surface area contributed by atoms with E-state index in [0.717, 1.165) is 96.3 Å². The zero-order chi connectivity index (χ0) is 46.7. The van der Waals surface area contributed by atoms with Crippen LogP contribution in [0.3, 0.4) is 0 Å². The third-order valence-corrected chi connectivity index (χ3v) is 11.5. The van der Waals surface area contributed by atoms with E-state index in [2.05, 4.69) is 98.9 Å². The Morgan fingerprint density at radius 3 is 1.30 bits per heavy atom. The van der Waals surface area contributed by atoms with Crippen LogP contribution in [-0.2, 0) is 32.7 Å². The molecule has 0 aromatic rings. The summed E-state index contributed by atoms with van der Waals surface area (Å²) < 4.78 is 32.9. The first kappa shape index (κ1) is 61.2. The number of unbranched alkanes of at least 4 members (excludes halogenated alkanes) is 20. The van der Waals surface area contributed by atoms with Gasteiger partial charge in [0.25, 0.3) is 0 Å². The van der Waals surface area contributed by atoms with Gasteiger partial charge in [-0.1, -0.05) is 195 Å². The summed E-state index contributed by atoms with van der Waals surface area (Å²) >= 11 is 0. The van der Waals surface area contributed by atoms with Gasteiger partial charge in [-0.05, 0) is 89.9 Å². The summed E-state index contributed by atoms with van der Waals surface area (Å²) in [6, 6.07) is 0. The summed E-state index contributed by atoms with van der Waals surface area (Å²) in [6.45, 7) is 3.58. The maximum Gasteiger partial charge on any atom is 0.472 e. The van der Waals surface area contributed by atoms with E-state index >= 15 is 0 Å². The summed E-state index contributed by atoms with van der Waals surface area (Å²) in [5.74, 6) is -0.844. The molecule has 0 aliphatic rings. The molecule has 3 N–H and O–H groups in total. The molecule has 2 atom stereocenters. The maximum atomic E-state index is 12.6. The van der Waals surface area contributed by atoms with Crippen molar-refractivity contribution in [2.75, 3.05) is 26.4 Å². The quantitative estimate of drug-likeness (QED) is 0.0265. The van der Waals surface area contributed by atoms with E-state index in [1.165, 1.54) is 83.5 Å². The van der Waals surface area contributed by atoms with E-state index in [4.69, 9.17) is 24.3 Å². The van der Waals surface area contributed by atoms with Gasteiger partial charge in [-0.2, -0.15) is 0 Å². The molecule has 368 valence electrons. The van der Waals surface area contributed by atoms with Crippen LogP contribution in [0.15, 0.2) is 85.1 Å². The first-order valence-corrected chi connectivity index (χ1v) is 27.1. The van der Waals surface area contributed by atoms with E-state index in [0.29, 0.717) is 6.42 Å². The third kappa shape index (κ3) is 48.6. The molecule has 0 saturated heterocycles. The highest BCUT2D eigenvalue weighted by Crippen LogP contribution is 2.43. The second-order valence-corrected chi connectivity index (χ2v) is 18.1. The molecule has 10 heteroatoms. The van der Waals surface area contributed by atoms with Gasteiger partial charge in [0.1, 0.15) is 6.61 Å². The minimum atomic E-state index is -4.39. The van der Waals surface area contributed by atoms with E-state index < -0.39 is 32.5 Å². The van der Waals surface area contributed by atoms with Gasteiger partial charge >= 0.3 is 19.8 Å². The van der Waals surface area contributed by atoms with Gasteiger partial charge in [0, 0.05) is 19.4 Å². The van der Waals surface area contributed by atoms with E-state index in [1.807, 2.05) is 0 Å². The minimum absolute atomic E-state index is 0.0490. The van der Waals surface area contributed by atoms with Gasteiger partial charge in [-0.3, -0.25) is 18.6 Å². The average Bonchev–Trinajstić information content (AvgIpc) is 3.28. The molecule has 2 unspecified atom stereocenters. The largest absolute Gasteiger partial charge is 0.472 e. The Morgan fingerprint density at radius 1 is 0.484 bits per heavy atom. The van der Waals surface area contributed by atoms with Crippen molar-refractivity contribution < 1.29 is 37.6 Å². The number of carbonyl (C=O) groups excluding carboxylic acids is 2. The third-order valence-electron chi connectivity index (χ3n) is 10.5. The van der Waals surface area contributed by atoms with Crippen molar-refractivity contribution in [2.24, 2.45) is 5.73 Å². The number of hydrogen-bond acceptors (Lipinski definition) is 8. The van der Waals surface area contributed by atoms with Crippen LogP contribution in [0.25, 0.3) is 0 Å². The van der Waals surface area contributed by atoms with E-state index in [1.54, 1.807) is 0 Å². The van der Waals surface area contributed by atoms with Crippen molar-refractivity contribution >= 4 is 19.8 Å². The Hall–Kier alpha value is -2.81. The van der Waals surface area contributed by atoms with Crippen LogP contribution < -0.4 is 5.73 Å². The Balaban J connectivity index is 3.98. The van der Waals surface area contributed by atoms with E-state index in [9.17, 15) is 19.0 Å². The normalized spacial score (nSPS) is 13.9. The molecule has 0 aliphatic carbocycles. The van der Waals surface area contributed by atoms with Crippen molar-refractivity contribution in [1.82, 2.24) is 0 Å². The van der Waals surface area contributed by atoms with Crippen LogP contribution in [-0.4, -0.2) is 49.3 Å². The zero-order valence-corrected chi connectivity index (χ0v) is 41.6. The molecule has 0 aromatic heterocycles. The number of phosphoric ester groups is 1. The first-order chi connectivity index (χ1) is 31.3. The highest BCUT2D eigenvalue weighted by atomic mass is 31.2. The SMILES string of the molecule is CC/C=C\C/C=C\C/C=C\C/C=C\C/C=C\C/C=C\CCCCCCCCCCCCCCC(=O)OC(COC(=O)CCCCCCC/C=C\CCCCC)COP(=O)(O)OCCN. The summed E-state index contributed by atoms with van der Waals surface area (Å²) in [5.41, 5.74) is 5.36. The molecular weight excluding hydrogens is 822 g/mol. The number of nitrogens with two attached hydrogens (primary N) is 1. The first-order valence-electron chi connectivity index (χ1n) is 25.6. The Bertz CT molecular complexity index is 1320. The lowest BCUT2D eigenvalue weighted by Gasteiger charge is -2.19. The van der Waals surface area contributed by atoms with Crippen molar-refractivity contribution in [3.63, 3.8) is 0 Å². The van der Waals surface area contributed by atoms with Crippen LogP contribution in [0.1, 0.15) is 213 Å². The van der Waals surface area contributed by atoms with Crippen LogP contribution in [0.5, 0.6) is 0 Å². The van der Waals surface area contributed by atoms with Gasteiger partial charge in [-0.15, -0.1) is 0 Å². The van der Waals surface area contributed by atoms with Crippen LogP contribution in [0.2, 0.25) is 0 Å². The maximum absolute atomic E-state index is 12.6. The second-order valence-electron chi connectivity index (χ2n) is 16.7. The predicted molar refractivity (Wildman–Crippen MR) is 270 cm³/mol. The highest BCUT2D eigenvalue weighted by molar-refractivity contribution is 7.47. The molecule has 64 heavy (non-hydrogen) atoms. The van der Waals surface area contributed by atoms with Crippen molar-refractivity contribution in [3.05, 3.63) is 85.1 Å². The van der Waals surface area contributed by atoms with Gasteiger partial charge < -0.3 is 20.1 Å². The molecule has 0 radical (unpaired) electrons. The number of allylic oxidation sites excluding steroid dienone is 14. The molecule has 0 spiro atoms. The van der Waals surface area contributed by atoms with Crippen molar-refractivity contribution in [2.45, 2.75) is 219 Å². The van der Waals surface area contributed by atoms with Gasteiger partial charge in [0.2, 0.25) is 0 Å². The molecule has 0 aliphatic heterocycles. The van der Waals surface area contributed by atoms with Crippen molar-refractivity contribution in [3.8, 4) is 0 Å². The standard InChI is InChI=1S/C54H94NO8P/c1-3-5-7-9-11-13-15-17-18-19-20-21-22-23-24-25-26-27-28-29-30-31-32-33-34-35-37-39-41-43-45-47-54(57)63-52(51-62-64(58,59)61-49-48-55)50-60-53(56)46-44-42-40-38-36-16-14-12-10-8-6-4-2/h5,7,11-14,17-18,20-21,23-24,26-27,52H,3-4,6,8-10,15-16,19,22,25,28-51,55H2,1-2H3,(H,58,59)/b7-5-,13-11-,14-12-,18-17-,21-20-,24-23-,27-26-. The molecule has 0 fully saturated rings. The minimum Gasteiger partial charge on any atom is -0.462 e. The molecular formula is C54H94NO8P. The zero-order valence-electron chi connectivity index (χ0n) is 40.7. The lowest BCUT2D eigenvalue weighted by atomic mass is 10.0. The molecule has 0 heterocycles. The molecule has 9 nitrogen and oxygen atoms in total. The Kier molecular flexibility index (Phi) is 47.4. The van der Waals surface area contributed by atoms with Crippen LogP contribution in [0.4, 0.5) is 0 Å². The average molecular weight is 916 g/mol. The number of rotatable bonds is 47. The number of hydrogen-bond donors (Lipinski definition) is 2. The van der Waals surface area contributed by atoms with Crippen LogP contribution in [0, 0.1) is 0 Å². The van der Waals surface area contributed by atoms with Gasteiger partial charge in [0.05, 0.1) is 13.2 Å². The number of phosphoric acid groups is 1. The fourth-order valence-electron chi connectivity index (χ4n) is 6.75. The van der Waals surface area contributed by atoms with Crippen molar-refractivity contribution in [1.29, 1.82) is 0 Å². The smallest absolute Gasteiger partial charge is 0.462 e. The van der Waals surface area contributed by atoms with Crippen LogP contribution >= 0.6 is 7.82 Å². The molecule has 0 amide bonds. The lowest BCUT2D eigenvalue weighted by Crippen LogP contribution is -2.29. The monoisotopic (exact) mass is 916 g/mol. The predicted octanol–water partition coefficient (Wildman–Crippen LogP) is 15.6. The summed E-state index contributed by atoms with van der Waals surface area (Å²) in [5, 5.41) is 0. The summed E-state index contributed by atoms with van der Waals surface area (Å²) in [6.07, 6.45) is 63.5. The summed E-state index contributed by atoms with van der Waals surface area (Å²) in [7, 11) is -4.39. The topological polar surface area (TPSA) is 134 Å². The Morgan fingerprint density at radius 2 is 0.859 bits per heavy atom. The molecule has 0 aromatic carbocycles. The fourth-order valence-corrected chi connectivity index (χ4v) is 7.52.